The summed E-state index contributed by atoms with van der Waals surface area (Å²) in [5.74, 6) is 0.447. The molecule has 1 unspecified atom stereocenters. The first-order chi connectivity index (χ1) is 20.1. The van der Waals surface area contributed by atoms with Crippen LogP contribution in [0.1, 0.15) is 19.0 Å². The number of amides is 1. The van der Waals surface area contributed by atoms with Gasteiger partial charge in [0.05, 0.1) is 29.2 Å². The third-order valence-electron chi connectivity index (χ3n) is 8.14. The number of piperazine rings is 1. The summed E-state index contributed by atoms with van der Waals surface area (Å²) in [7, 11) is -1.29. The topological polar surface area (TPSA) is 94.4 Å². The molecule has 1 amide bonds. The number of aryl methyl sites for hydroxylation is 1. The Morgan fingerprint density at radius 1 is 1.07 bits per heavy atom. The Morgan fingerprint density at radius 2 is 1.81 bits per heavy atom. The van der Waals surface area contributed by atoms with E-state index in [1.165, 1.54) is 34.0 Å². The number of sulfonamides is 1. The molecule has 5 heterocycles. The first-order valence-electron chi connectivity index (χ1n) is 14.1. The maximum Gasteiger partial charge on any atom is 0.227 e. The number of nitrogens with zero attached hydrogens (tertiary/aromatic N) is 7. The maximum atomic E-state index is 13.4. The Labute approximate surface area is 249 Å². The van der Waals surface area contributed by atoms with Crippen LogP contribution in [0.2, 0.25) is 0 Å². The van der Waals surface area contributed by atoms with Crippen LogP contribution in [0.15, 0.2) is 48.0 Å². The second-order valence-corrected chi connectivity index (χ2v) is 13.7. The fourth-order valence-electron chi connectivity index (χ4n) is 5.79. The number of thiazole rings is 1. The highest BCUT2D eigenvalue weighted by Gasteiger charge is 2.36. The van der Waals surface area contributed by atoms with Crippen molar-refractivity contribution >= 4 is 49.6 Å². The molecule has 222 valence electrons. The lowest BCUT2D eigenvalue weighted by Crippen LogP contribution is -2.50. The minimum atomic E-state index is -3.28. The summed E-state index contributed by atoms with van der Waals surface area (Å²) in [6.45, 7) is 5.33. The molecular weight excluding hydrogens is 577 g/mol. The van der Waals surface area contributed by atoms with Crippen LogP contribution < -0.4 is 9.80 Å². The fraction of sp³-hybridized carbons (Fsp3) is 0.414. The lowest BCUT2D eigenvalue weighted by Gasteiger charge is -2.37. The van der Waals surface area contributed by atoms with Crippen LogP contribution in [0.4, 0.5) is 21.0 Å². The van der Waals surface area contributed by atoms with Crippen LogP contribution in [0.5, 0.6) is 0 Å². The van der Waals surface area contributed by atoms with Gasteiger partial charge in [0.2, 0.25) is 15.9 Å². The third kappa shape index (κ3) is 5.48. The third-order valence-corrected chi connectivity index (χ3v) is 10.3. The number of pyridine rings is 1. The van der Waals surface area contributed by atoms with E-state index in [1.54, 1.807) is 12.1 Å². The summed E-state index contributed by atoms with van der Waals surface area (Å²) < 4.78 is 40.7. The average molecular weight is 612 g/mol. The Hall–Kier alpha value is -3.55. The smallest absolute Gasteiger partial charge is 0.227 e. The summed E-state index contributed by atoms with van der Waals surface area (Å²) in [6, 6.07) is 10.4. The Bertz CT molecular complexity index is 1710. The number of halogens is 1. The molecule has 0 saturated carbocycles. The van der Waals surface area contributed by atoms with E-state index in [4.69, 9.17) is 9.97 Å². The van der Waals surface area contributed by atoms with Crippen molar-refractivity contribution in [3.05, 3.63) is 59.5 Å². The zero-order chi connectivity index (χ0) is 29.6. The standard InChI is InChI=1S/C29H34FN7O3S2/c1-4-24-27(33(2)29-32-25(19-41-29)20-5-7-22(30)8-6-20)37-18-23(9-10-26(37)31-24)34-13-15-35(16-14-34)28(38)21-11-12-36(17-21)42(3,39)40/h5-10,18-19,21H,4,11-17H2,1-3H3. The van der Waals surface area contributed by atoms with Crippen LogP contribution in [0.3, 0.4) is 0 Å². The second-order valence-electron chi connectivity index (χ2n) is 10.9. The van der Waals surface area contributed by atoms with Crippen molar-refractivity contribution in [2.24, 2.45) is 5.92 Å². The van der Waals surface area contributed by atoms with E-state index in [2.05, 4.69) is 33.4 Å². The molecule has 1 atom stereocenters. The number of benzene rings is 1. The van der Waals surface area contributed by atoms with Crippen LogP contribution in [-0.4, -0.2) is 90.5 Å². The van der Waals surface area contributed by atoms with E-state index in [0.29, 0.717) is 39.1 Å². The quantitative estimate of drug-likeness (QED) is 0.313. The number of anilines is 3. The van der Waals surface area contributed by atoms with E-state index in [1.807, 2.05) is 23.4 Å². The number of hydrogen-bond donors (Lipinski definition) is 0. The average Bonchev–Trinajstić information content (AvgIpc) is 3.75. The molecule has 2 aliphatic rings. The molecular formula is C29H34FN7O3S2. The molecule has 42 heavy (non-hydrogen) atoms. The molecule has 6 rings (SSSR count). The molecule has 0 spiro atoms. The molecule has 2 saturated heterocycles. The van der Waals surface area contributed by atoms with Gasteiger partial charge in [-0.2, -0.15) is 0 Å². The van der Waals surface area contributed by atoms with Gasteiger partial charge in [0.1, 0.15) is 17.3 Å². The lowest BCUT2D eigenvalue weighted by atomic mass is 10.1. The first kappa shape index (κ1) is 28.6. The second kappa shape index (κ2) is 11.3. The highest BCUT2D eigenvalue weighted by molar-refractivity contribution is 7.88. The molecule has 4 aromatic rings. The van der Waals surface area contributed by atoms with Crippen LogP contribution in [-0.2, 0) is 21.2 Å². The molecule has 0 radical (unpaired) electrons. The van der Waals surface area contributed by atoms with E-state index in [-0.39, 0.29) is 24.2 Å². The van der Waals surface area contributed by atoms with Gasteiger partial charge in [0, 0.05) is 63.5 Å². The summed E-state index contributed by atoms with van der Waals surface area (Å²) >= 11 is 1.53. The van der Waals surface area contributed by atoms with Gasteiger partial charge in [-0.3, -0.25) is 9.20 Å². The van der Waals surface area contributed by atoms with Crippen molar-refractivity contribution in [1.82, 2.24) is 23.6 Å². The van der Waals surface area contributed by atoms with Gasteiger partial charge in [0.15, 0.2) is 5.13 Å². The van der Waals surface area contributed by atoms with Gasteiger partial charge < -0.3 is 14.7 Å². The van der Waals surface area contributed by atoms with E-state index in [0.717, 1.165) is 45.7 Å². The Balaban J connectivity index is 1.19. The van der Waals surface area contributed by atoms with Crippen molar-refractivity contribution < 1.29 is 17.6 Å². The minimum absolute atomic E-state index is 0.0471. The molecule has 2 aliphatic heterocycles. The van der Waals surface area contributed by atoms with Crippen LogP contribution in [0, 0.1) is 11.7 Å². The molecule has 3 aromatic heterocycles. The molecule has 0 N–H and O–H groups in total. The monoisotopic (exact) mass is 611 g/mol. The van der Waals surface area contributed by atoms with Gasteiger partial charge in [0.25, 0.3) is 0 Å². The van der Waals surface area contributed by atoms with Crippen LogP contribution in [0.25, 0.3) is 16.9 Å². The van der Waals surface area contributed by atoms with E-state index in [9.17, 15) is 17.6 Å². The summed E-state index contributed by atoms with van der Waals surface area (Å²) in [6.07, 6.45) is 4.63. The largest absolute Gasteiger partial charge is 0.367 e. The van der Waals surface area contributed by atoms with Crippen molar-refractivity contribution in [2.75, 3.05) is 62.4 Å². The molecule has 0 aliphatic carbocycles. The fourth-order valence-corrected chi connectivity index (χ4v) is 7.47. The predicted molar refractivity (Wildman–Crippen MR) is 163 cm³/mol. The molecule has 2 fully saturated rings. The van der Waals surface area contributed by atoms with Crippen molar-refractivity contribution in [3.63, 3.8) is 0 Å². The number of fused-ring (bicyclic) bond motifs is 1. The zero-order valence-electron chi connectivity index (χ0n) is 23.9. The number of hydrogen-bond acceptors (Lipinski definition) is 8. The summed E-state index contributed by atoms with van der Waals surface area (Å²) in [5, 5.41) is 2.79. The normalized spacial score (nSPS) is 18.2. The van der Waals surface area contributed by atoms with Gasteiger partial charge in [-0.25, -0.2) is 27.1 Å². The number of carbonyl (C=O) groups is 1. The number of aromatic nitrogens is 3. The van der Waals surface area contributed by atoms with E-state index >= 15 is 0 Å². The van der Waals surface area contributed by atoms with Crippen molar-refractivity contribution in [3.8, 4) is 11.3 Å². The van der Waals surface area contributed by atoms with Crippen LogP contribution >= 0.6 is 11.3 Å². The Morgan fingerprint density at radius 3 is 2.48 bits per heavy atom. The Kier molecular flexibility index (Phi) is 7.66. The predicted octanol–water partition coefficient (Wildman–Crippen LogP) is 3.86. The molecule has 13 heteroatoms. The maximum absolute atomic E-state index is 13.4. The molecule has 10 nitrogen and oxygen atoms in total. The van der Waals surface area contributed by atoms with Crippen molar-refractivity contribution in [1.29, 1.82) is 0 Å². The summed E-state index contributed by atoms with van der Waals surface area (Å²) in [5.41, 5.74) is 4.51. The van der Waals surface area contributed by atoms with E-state index < -0.39 is 10.0 Å². The van der Waals surface area contributed by atoms with Crippen molar-refractivity contribution in [2.45, 2.75) is 19.8 Å². The minimum Gasteiger partial charge on any atom is -0.367 e. The number of rotatable bonds is 7. The molecule has 0 bridgehead atoms. The first-order valence-corrected chi connectivity index (χ1v) is 16.8. The summed E-state index contributed by atoms with van der Waals surface area (Å²) in [4.78, 5) is 29.0. The zero-order valence-corrected chi connectivity index (χ0v) is 25.5. The highest BCUT2D eigenvalue weighted by atomic mass is 32.2. The highest BCUT2D eigenvalue weighted by Crippen LogP contribution is 2.34. The SMILES string of the molecule is CCc1nc2ccc(N3CCN(C(=O)C4CCN(S(C)(=O)=O)C4)CC3)cn2c1N(C)c1nc(-c2ccc(F)cc2)cs1. The van der Waals surface area contributed by atoms with Gasteiger partial charge in [-0.1, -0.05) is 6.92 Å². The number of imidazole rings is 1. The molecule has 1 aromatic carbocycles. The number of carbonyl (C=O) groups excluding carboxylic acids is 1. The van der Waals surface area contributed by atoms with Gasteiger partial charge in [-0.05, 0) is 49.2 Å². The lowest BCUT2D eigenvalue weighted by molar-refractivity contribution is -0.135. The van der Waals surface area contributed by atoms with Gasteiger partial charge >= 0.3 is 0 Å². The van der Waals surface area contributed by atoms with Gasteiger partial charge in [-0.15, -0.1) is 11.3 Å².